The molecule has 0 heterocycles. The van der Waals surface area contributed by atoms with Gasteiger partial charge in [-0.15, -0.1) is 0 Å². The summed E-state index contributed by atoms with van der Waals surface area (Å²) in [5.74, 6) is 0. The second-order valence-electron chi connectivity index (χ2n) is 2.40. The first-order valence-corrected chi connectivity index (χ1v) is 4.74. The van der Waals surface area contributed by atoms with E-state index in [1.54, 1.807) is 18.2 Å². The molecule has 1 aromatic carbocycles. The van der Waals surface area contributed by atoms with E-state index in [4.69, 9.17) is 11.6 Å². The highest BCUT2D eigenvalue weighted by Crippen LogP contribution is 2.25. The van der Waals surface area contributed by atoms with Crippen LogP contribution in [0.15, 0.2) is 22.7 Å². The van der Waals surface area contributed by atoms with E-state index in [1.165, 1.54) is 0 Å². The first-order valence-electron chi connectivity index (χ1n) is 3.56. The molecular weight excluding hydrogens is 263 g/mol. The molecule has 0 bridgehead atoms. The molecule has 0 fully saturated rings. The highest BCUT2D eigenvalue weighted by Gasteiger charge is 2.04. The first-order chi connectivity index (χ1) is 6.09. The van der Waals surface area contributed by atoms with Gasteiger partial charge in [0.15, 0.2) is 0 Å². The summed E-state index contributed by atoms with van der Waals surface area (Å²) in [6.07, 6.45) is -2.38. The number of rotatable bonds is 3. The second kappa shape index (κ2) is 4.77. The van der Waals surface area contributed by atoms with Crippen molar-refractivity contribution in [2.24, 2.45) is 0 Å². The number of halogens is 4. The molecule has 0 aromatic heterocycles. The molecule has 0 aliphatic heterocycles. The van der Waals surface area contributed by atoms with Crippen LogP contribution < -0.4 is 5.32 Å². The van der Waals surface area contributed by atoms with Crippen molar-refractivity contribution in [2.45, 2.75) is 6.43 Å². The van der Waals surface area contributed by atoms with Crippen molar-refractivity contribution in [1.82, 2.24) is 0 Å². The molecule has 0 aliphatic rings. The number of anilines is 1. The van der Waals surface area contributed by atoms with Gasteiger partial charge in [0.1, 0.15) is 0 Å². The molecule has 0 spiro atoms. The summed E-state index contributed by atoms with van der Waals surface area (Å²) in [6.45, 7) is -0.393. The van der Waals surface area contributed by atoms with Crippen molar-refractivity contribution >= 4 is 33.2 Å². The van der Waals surface area contributed by atoms with Gasteiger partial charge in [-0.1, -0.05) is 27.5 Å². The number of nitrogens with one attached hydrogen (secondary N) is 1. The molecule has 1 aromatic rings. The van der Waals surface area contributed by atoms with Crippen LogP contribution in [0.2, 0.25) is 5.02 Å². The van der Waals surface area contributed by atoms with Crippen molar-refractivity contribution in [3.63, 3.8) is 0 Å². The maximum Gasteiger partial charge on any atom is 0.255 e. The highest BCUT2D eigenvalue weighted by molar-refractivity contribution is 9.10. The third kappa shape index (κ3) is 3.48. The van der Waals surface area contributed by atoms with E-state index >= 15 is 0 Å². The van der Waals surface area contributed by atoms with Crippen LogP contribution in [0, 0.1) is 0 Å². The number of benzene rings is 1. The van der Waals surface area contributed by atoms with Gasteiger partial charge in [0.2, 0.25) is 0 Å². The molecule has 0 amide bonds. The average molecular weight is 271 g/mol. The second-order valence-corrected chi connectivity index (χ2v) is 3.72. The number of alkyl halides is 2. The van der Waals surface area contributed by atoms with Gasteiger partial charge in [-0.3, -0.25) is 0 Å². The van der Waals surface area contributed by atoms with E-state index in [0.717, 1.165) is 4.47 Å². The Bertz CT molecular complexity index is 293. The standard InChI is InChI=1S/C8H7BrClF2N/c9-5-1-2-6(10)7(3-5)13-4-8(11)12/h1-3,8,13H,4H2. The molecule has 1 N–H and O–H groups in total. The minimum absolute atomic E-state index is 0.393. The molecule has 0 saturated heterocycles. The summed E-state index contributed by atoms with van der Waals surface area (Å²) < 4.78 is 24.5. The molecule has 5 heteroatoms. The largest absolute Gasteiger partial charge is 0.378 e. The lowest BCUT2D eigenvalue weighted by Gasteiger charge is -2.07. The predicted octanol–water partition coefficient (Wildman–Crippen LogP) is 3.78. The van der Waals surface area contributed by atoms with Gasteiger partial charge in [0, 0.05) is 4.47 Å². The molecular formula is C8H7BrClF2N. The van der Waals surface area contributed by atoms with E-state index in [1.807, 2.05) is 0 Å². The van der Waals surface area contributed by atoms with Gasteiger partial charge in [-0.25, -0.2) is 8.78 Å². The van der Waals surface area contributed by atoms with E-state index in [9.17, 15) is 8.78 Å². The van der Waals surface area contributed by atoms with Crippen molar-refractivity contribution in [2.75, 3.05) is 11.9 Å². The van der Waals surface area contributed by atoms with Gasteiger partial charge in [-0.05, 0) is 18.2 Å². The summed E-state index contributed by atoms with van der Waals surface area (Å²) in [5, 5.41) is 2.98. The van der Waals surface area contributed by atoms with Crippen molar-refractivity contribution in [3.05, 3.63) is 27.7 Å². The van der Waals surface area contributed by atoms with Crippen LogP contribution in [-0.2, 0) is 0 Å². The van der Waals surface area contributed by atoms with Crippen LogP contribution in [0.1, 0.15) is 0 Å². The molecule has 0 saturated carbocycles. The number of hydrogen-bond donors (Lipinski definition) is 1. The van der Waals surface area contributed by atoms with E-state index in [-0.39, 0.29) is 0 Å². The van der Waals surface area contributed by atoms with Crippen LogP contribution in [0.5, 0.6) is 0 Å². The fourth-order valence-corrected chi connectivity index (χ4v) is 1.37. The molecule has 0 aliphatic carbocycles. The smallest absolute Gasteiger partial charge is 0.255 e. The highest BCUT2D eigenvalue weighted by atomic mass is 79.9. The fourth-order valence-electron chi connectivity index (χ4n) is 0.820. The summed E-state index contributed by atoms with van der Waals surface area (Å²) in [4.78, 5) is 0. The van der Waals surface area contributed by atoms with Gasteiger partial charge in [0.25, 0.3) is 6.43 Å². The zero-order valence-electron chi connectivity index (χ0n) is 6.53. The lowest BCUT2D eigenvalue weighted by atomic mass is 10.3. The Hall–Kier alpha value is -0.350. The molecule has 1 nitrogen and oxygen atoms in total. The molecule has 0 unspecified atom stereocenters. The van der Waals surface area contributed by atoms with Gasteiger partial charge >= 0.3 is 0 Å². The maximum atomic E-state index is 11.8. The van der Waals surface area contributed by atoms with E-state index in [0.29, 0.717) is 10.7 Å². The Morgan fingerprint density at radius 3 is 2.77 bits per heavy atom. The fraction of sp³-hybridized carbons (Fsp3) is 0.250. The monoisotopic (exact) mass is 269 g/mol. The third-order valence-electron chi connectivity index (χ3n) is 1.38. The Balaban J connectivity index is 2.70. The first kappa shape index (κ1) is 10.7. The maximum absolute atomic E-state index is 11.8. The molecule has 72 valence electrons. The zero-order valence-corrected chi connectivity index (χ0v) is 8.87. The zero-order chi connectivity index (χ0) is 9.84. The Labute approximate surface area is 88.2 Å². The SMILES string of the molecule is FC(F)CNc1cc(Br)ccc1Cl. The van der Waals surface area contributed by atoms with Crippen molar-refractivity contribution in [1.29, 1.82) is 0 Å². The number of hydrogen-bond acceptors (Lipinski definition) is 1. The van der Waals surface area contributed by atoms with E-state index in [2.05, 4.69) is 21.2 Å². The minimum atomic E-state index is -2.38. The van der Waals surface area contributed by atoms with Crippen LogP contribution >= 0.6 is 27.5 Å². The van der Waals surface area contributed by atoms with Crippen LogP contribution in [0.4, 0.5) is 14.5 Å². The summed E-state index contributed by atoms with van der Waals surface area (Å²) in [7, 11) is 0. The van der Waals surface area contributed by atoms with Gasteiger partial charge < -0.3 is 5.32 Å². The van der Waals surface area contributed by atoms with Crippen LogP contribution in [-0.4, -0.2) is 13.0 Å². The molecule has 0 radical (unpaired) electrons. The van der Waals surface area contributed by atoms with Crippen molar-refractivity contribution < 1.29 is 8.78 Å². The van der Waals surface area contributed by atoms with Gasteiger partial charge in [0.05, 0.1) is 17.3 Å². The normalized spacial score (nSPS) is 10.5. The van der Waals surface area contributed by atoms with Crippen LogP contribution in [0.3, 0.4) is 0 Å². The molecule has 13 heavy (non-hydrogen) atoms. The molecule has 0 atom stereocenters. The van der Waals surface area contributed by atoms with Gasteiger partial charge in [-0.2, -0.15) is 0 Å². The Morgan fingerprint density at radius 2 is 2.15 bits per heavy atom. The third-order valence-corrected chi connectivity index (χ3v) is 2.20. The molecule has 1 rings (SSSR count). The summed E-state index contributed by atoms with van der Waals surface area (Å²) >= 11 is 8.97. The quantitative estimate of drug-likeness (QED) is 0.881. The van der Waals surface area contributed by atoms with Crippen molar-refractivity contribution in [3.8, 4) is 0 Å². The predicted molar refractivity (Wildman–Crippen MR) is 53.6 cm³/mol. The lowest BCUT2D eigenvalue weighted by Crippen LogP contribution is -2.10. The topological polar surface area (TPSA) is 12.0 Å². The summed E-state index contributed by atoms with van der Waals surface area (Å²) in [5.41, 5.74) is 0.511. The Morgan fingerprint density at radius 1 is 1.46 bits per heavy atom. The average Bonchev–Trinajstić information content (AvgIpc) is 2.06. The Kier molecular flexibility index (Phi) is 3.93. The summed E-state index contributed by atoms with van der Waals surface area (Å²) in [6, 6.07) is 5.04. The van der Waals surface area contributed by atoms with Crippen LogP contribution in [0.25, 0.3) is 0 Å². The minimum Gasteiger partial charge on any atom is -0.378 e. The lowest BCUT2D eigenvalue weighted by molar-refractivity contribution is 0.163. The van der Waals surface area contributed by atoms with E-state index < -0.39 is 13.0 Å².